The number of aromatic nitrogens is 2. The maximum atomic E-state index is 13.5. The summed E-state index contributed by atoms with van der Waals surface area (Å²) in [6, 6.07) is 16.6. The monoisotopic (exact) mass is 485 g/mol. The fraction of sp³-hybridized carbons (Fsp3) is 0.0769. The average molecular weight is 485 g/mol. The smallest absolute Gasteiger partial charge is 0.281 e. The zero-order valence-electron chi connectivity index (χ0n) is 18.8. The number of amides is 2. The molecule has 0 bridgehead atoms. The van der Waals surface area contributed by atoms with Crippen molar-refractivity contribution in [1.82, 2.24) is 15.0 Å². The van der Waals surface area contributed by atoms with Gasteiger partial charge in [0, 0.05) is 29.7 Å². The van der Waals surface area contributed by atoms with Crippen LogP contribution in [0.15, 0.2) is 84.4 Å². The molecule has 0 saturated carbocycles. The minimum absolute atomic E-state index is 0.0387. The summed E-state index contributed by atoms with van der Waals surface area (Å²) in [6.45, 7) is -0.459. The number of carbonyl (C=O) groups is 2. The number of benzene rings is 3. The summed E-state index contributed by atoms with van der Waals surface area (Å²) in [7, 11) is 0. The second kappa shape index (κ2) is 9.80. The number of nitrogens with zero attached hydrogens (tertiary/aromatic N) is 3. The van der Waals surface area contributed by atoms with Gasteiger partial charge in [0.1, 0.15) is 11.6 Å². The van der Waals surface area contributed by atoms with Crippen molar-refractivity contribution in [1.29, 1.82) is 0 Å². The van der Waals surface area contributed by atoms with Crippen LogP contribution >= 0.6 is 0 Å². The fourth-order valence-electron chi connectivity index (χ4n) is 3.87. The van der Waals surface area contributed by atoms with Gasteiger partial charge in [-0.2, -0.15) is 0 Å². The van der Waals surface area contributed by atoms with Crippen LogP contribution in [0.25, 0.3) is 16.8 Å². The topological polar surface area (TPSA) is 118 Å². The van der Waals surface area contributed by atoms with Crippen LogP contribution < -0.4 is 15.5 Å². The van der Waals surface area contributed by atoms with Crippen molar-refractivity contribution in [2.75, 3.05) is 11.9 Å². The number of hydroxylamine groups is 1. The molecule has 9 nitrogen and oxygen atoms in total. The van der Waals surface area contributed by atoms with Crippen molar-refractivity contribution in [2.45, 2.75) is 6.42 Å². The van der Waals surface area contributed by atoms with Crippen LogP contribution in [0, 0.1) is 5.82 Å². The van der Waals surface area contributed by atoms with E-state index >= 15 is 0 Å². The lowest BCUT2D eigenvalue weighted by molar-refractivity contribution is -0.131. The first-order valence-corrected chi connectivity index (χ1v) is 11.0. The Balaban J connectivity index is 1.60. The number of rotatable bonds is 6. The van der Waals surface area contributed by atoms with E-state index < -0.39 is 18.3 Å². The maximum absolute atomic E-state index is 13.5. The Hall–Kier alpha value is -4.83. The highest BCUT2D eigenvalue weighted by molar-refractivity contribution is 6.17. The van der Waals surface area contributed by atoms with Crippen molar-refractivity contribution in [2.24, 2.45) is 4.99 Å². The zero-order valence-corrected chi connectivity index (χ0v) is 18.8. The van der Waals surface area contributed by atoms with Gasteiger partial charge in [-0.05, 0) is 41.5 Å². The molecule has 0 fully saturated rings. The van der Waals surface area contributed by atoms with Gasteiger partial charge in [0.15, 0.2) is 6.61 Å². The van der Waals surface area contributed by atoms with Crippen LogP contribution in [0.5, 0.6) is 5.75 Å². The van der Waals surface area contributed by atoms with Crippen LogP contribution in [0.1, 0.15) is 12.0 Å². The third-order valence-corrected chi connectivity index (χ3v) is 5.58. The molecule has 3 N–H and O–H groups in total. The zero-order chi connectivity index (χ0) is 25.1. The number of ether oxygens (including phenoxy) is 1. The molecule has 0 unspecified atom stereocenters. The first kappa shape index (κ1) is 22.9. The van der Waals surface area contributed by atoms with Gasteiger partial charge in [-0.15, -0.1) is 0 Å². The largest absolute Gasteiger partial charge is 0.483 e. The summed E-state index contributed by atoms with van der Waals surface area (Å²) in [5.41, 5.74) is 5.68. The molecule has 0 radical (unpaired) electrons. The standard InChI is InChI=1S/C26H20FN5O4/c27-18-6-4-16(5-7-18)20-11-22-23(12-24(20)36-14-26(34)31-35)29-21(13-25(33)30-22)17-2-1-3-19(10-17)32-9-8-28-15-32/h1-12,15,35H,13-14H2,(H,30,33)(H,31,34). The number of carbonyl (C=O) groups excluding carboxylic acids is 2. The molecule has 36 heavy (non-hydrogen) atoms. The Bertz CT molecular complexity index is 1470. The number of fused-ring (bicyclic) bond motifs is 1. The third kappa shape index (κ3) is 4.84. The van der Waals surface area contributed by atoms with Gasteiger partial charge in [-0.3, -0.25) is 14.8 Å². The molecule has 2 heterocycles. The molecule has 4 aromatic rings. The van der Waals surface area contributed by atoms with Crippen LogP contribution in [-0.2, 0) is 9.59 Å². The lowest BCUT2D eigenvalue weighted by atomic mass is 10.0. The number of aliphatic imine (C=N–C) groups is 1. The minimum Gasteiger partial charge on any atom is -0.483 e. The minimum atomic E-state index is -0.746. The van der Waals surface area contributed by atoms with Gasteiger partial charge >= 0.3 is 0 Å². The van der Waals surface area contributed by atoms with E-state index in [4.69, 9.17) is 14.9 Å². The van der Waals surface area contributed by atoms with Crippen LogP contribution in [0.3, 0.4) is 0 Å². The van der Waals surface area contributed by atoms with Gasteiger partial charge in [-0.1, -0.05) is 24.3 Å². The molecule has 1 aromatic heterocycles. The van der Waals surface area contributed by atoms with E-state index in [1.807, 2.05) is 35.0 Å². The molecular formula is C26H20FN5O4. The number of hydrogen-bond acceptors (Lipinski definition) is 6. The third-order valence-electron chi connectivity index (χ3n) is 5.58. The number of hydrogen-bond donors (Lipinski definition) is 3. The van der Waals surface area contributed by atoms with E-state index in [0.717, 1.165) is 11.3 Å². The Morgan fingerprint density at radius 3 is 2.72 bits per heavy atom. The number of imidazole rings is 1. The van der Waals surface area contributed by atoms with Crippen LogP contribution in [-0.4, -0.2) is 38.9 Å². The molecule has 0 saturated heterocycles. The molecule has 180 valence electrons. The number of nitrogens with one attached hydrogen (secondary N) is 2. The normalized spacial score (nSPS) is 12.7. The maximum Gasteiger partial charge on any atom is 0.281 e. The average Bonchev–Trinajstić information content (AvgIpc) is 3.38. The molecule has 0 spiro atoms. The molecule has 0 atom stereocenters. The summed E-state index contributed by atoms with van der Waals surface area (Å²) in [5, 5.41) is 11.7. The SMILES string of the molecule is O=C(COc1cc2c(cc1-c1ccc(F)cc1)NC(=O)CC(c1cccc(-n3ccnc3)c1)=N2)NO. The fourth-order valence-corrected chi connectivity index (χ4v) is 3.87. The highest BCUT2D eigenvalue weighted by Gasteiger charge is 2.21. The van der Waals surface area contributed by atoms with Crippen molar-refractivity contribution < 1.29 is 23.9 Å². The summed E-state index contributed by atoms with van der Waals surface area (Å²) >= 11 is 0. The van der Waals surface area contributed by atoms with Crippen LogP contribution in [0.4, 0.5) is 15.8 Å². The van der Waals surface area contributed by atoms with E-state index in [1.165, 1.54) is 17.6 Å². The van der Waals surface area contributed by atoms with Gasteiger partial charge in [0.2, 0.25) is 5.91 Å². The van der Waals surface area contributed by atoms with E-state index in [0.29, 0.717) is 28.2 Å². The molecule has 3 aromatic carbocycles. The quantitative estimate of drug-likeness (QED) is 0.282. The van der Waals surface area contributed by atoms with E-state index in [2.05, 4.69) is 10.3 Å². The van der Waals surface area contributed by atoms with Gasteiger partial charge < -0.3 is 14.6 Å². The highest BCUT2D eigenvalue weighted by atomic mass is 19.1. The summed E-state index contributed by atoms with van der Waals surface area (Å²) < 4.78 is 21.0. The van der Waals surface area contributed by atoms with Gasteiger partial charge in [0.25, 0.3) is 5.91 Å². The summed E-state index contributed by atoms with van der Waals surface area (Å²) in [5.74, 6) is -1.13. The molecular weight excluding hydrogens is 465 g/mol. The number of halogens is 1. The Morgan fingerprint density at radius 1 is 1.14 bits per heavy atom. The van der Waals surface area contributed by atoms with Gasteiger partial charge in [-0.25, -0.2) is 19.8 Å². The predicted octanol–water partition coefficient (Wildman–Crippen LogP) is 4.03. The van der Waals surface area contributed by atoms with E-state index in [1.54, 1.807) is 36.8 Å². The molecule has 2 amide bonds. The van der Waals surface area contributed by atoms with Crippen molar-refractivity contribution in [3.8, 4) is 22.6 Å². The van der Waals surface area contributed by atoms with E-state index in [9.17, 15) is 14.0 Å². The molecule has 1 aliphatic heterocycles. The first-order chi connectivity index (χ1) is 17.5. The molecule has 10 heteroatoms. The second-order valence-corrected chi connectivity index (χ2v) is 8.00. The number of anilines is 1. The summed E-state index contributed by atoms with van der Waals surface area (Å²) in [4.78, 5) is 33.2. The van der Waals surface area contributed by atoms with Crippen molar-refractivity contribution in [3.05, 3.63) is 90.8 Å². The lowest BCUT2D eigenvalue weighted by Crippen LogP contribution is -2.25. The van der Waals surface area contributed by atoms with Crippen molar-refractivity contribution >= 4 is 28.9 Å². The summed E-state index contributed by atoms with van der Waals surface area (Å²) in [6.07, 6.45) is 5.21. The predicted molar refractivity (Wildman–Crippen MR) is 130 cm³/mol. The molecule has 0 aliphatic carbocycles. The Morgan fingerprint density at radius 2 is 1.97 bits per heavy atom. The van der Waals surface area contributed by atoms with E-state index in [-0.39, 0.29) is 18.1 Å². The molecule has 5 rings (SSSR count). The van der Waals surface area contributed by atoms with Crippen molar-refractivity contribution in [3.63, 3.8) is 0 Å². The lowest BCUT2D eigenvalue weighted by Gasteiger charge is -2.15. The molecule has 1 aliphatic rings. The second-order valence-electron chi connectivity index (χ2n) is 8.00. The Labute approximate surface area is 204 Å². The van der Waals surface area contributed by atoms with Gasteiger partial charge in [0.05, 0.1) is 29.8 Å². The first-order valence-electron chi connectivity index (χ1n) is 11.0. The highest BCUT2D eigenvalue weighted by Crippen LogP contribution is 2.40. The Kier molecular flexibility index (Phi) is 6.25. The van der Waals surface area contributed by atoms with Crippen LogP contribution in [0.2, 0.25) is 0 Å².